The van der Waals surface area contributed by atoms with E-state index in [0.29, 0.717) is 12.8 Å². The average molecular weight is 943 g/mol. The number of hydrogen-bond donors (Lipinski definition) is 2. The first kappa shape index (κ1) is 63.7. The number of carbonyl (C=O) groups excluding carboxylic acids is 3. The van der Waals surface area contributed by atoms with E-state index in [-0.39, 0.29) is 56.2 Å². The van der Waals surface area contributed by atoms with Crippen molar-refractivity contribution < 1.29 is 48.9 Å². The van der Waals surface area contributed by atoms with Crippen LogP contribution in [-0.4, -0.2) is 59.9 Å². The minimum atomic E-state index is -0.840. The molecule has 10 nitrogen and oxygen atoms in total. The number of hydrogen-bond acceptors (Lipinski definition) is 10. The fourth-order valence-electron chi connectivity index (χ4n) is 7.37. The van der Waals surface area contributed by atoms with Gasteiger partial charge in [-0.05, 0) is 89.9 Å². The third-order valence-corrected chi connectivity index (χ3v) is 11.6. The summed E-state index contributed by atoms with van der Waals surface area (Å²) >= 11 is 0. The molecule has 0 aliphatic rings. The zero-order valence-electron chi connectivity index (χ0n) is 42.8. The molecule has 0 aromatic carbocycles. The summed E-state index contributed by atoms with van der Waals surface area (Å²) in [7, 11) is 0. The number of esters is 3. The monoisotopic (exact) mass is 943 g/mol. The predicted octanol–water partition coefficient (Wildman–Crippen LogP) is 16.4. The zero-order chi connectivity index (χ0) is 48.9. The highest BCUT2D eigenvalue weighted by molar-refractivity contribution is 5.71. The lowest BCUT2D eigenvalue weighted by molar-refractivity contribution is -0.267. The molecule has 3 atom stereocenters. The second-order valence-corrected chi connectivity index (χ2v) is 18.0. The molecule has 0 spiro atoms. The molecule has 0 aliphatic carbocycles. The van der Waals surface area contributed by atoms with Crippen molar-refractivity contribution in [2.75, 3.05) is 13.2 Å². The van der Waals surface area contributed by atoms with Crippen LogP contribution in [0.2, 0.25) is 0 Å². The van der Waals surface area contributed by atoms with Gasteiger partial charge >= 0.3 is 17.9 Å². The SMILES string of the molecule is CCCCC/C=C\C/C=C\CCCCCCCC(=O)OCC(COC(=O)CCCCCCC/C=C\C=C\[C@H](CCCCC)OO)OC(=O)CCCCCCC/C=C\C=C\[C@H](CCCCC)OO. The maximum Gasteiger partial charge on any atom is 0.306 e. The van der Waals surface area contributed by atoms with Crippen LogP contribution in [0.1, 0.15) is 239 Å². The summed E-state index contributed by atoms with van der Waals surface area (Å²) in [6.45, 7) is 6.26. The fraction of sp³-hybridized carbons (Fsp3) is 0.737. The average Bonchev–Trinajstić information content (AvgIpc) is 3.33. The van der Waals surface area contributed by atoms with Gasteiger partial charge in [-0.2, -0.15) is 0 Å². The van der Waals surface area contributed by atoms with E-state index in [9.17, 15) is 14.4 Å². The molecule has 0 fully saturated rings. The van der Waals surface area contributed by atoms with Crippen molar-refractivity contribution in [2.45, 2.75) is 257 Å². The van der Waals surface area contributed by atoms with Crippen LogP contribution < -0.4 is 0 Å². The van der Waals surface area contributed by atoms with Crippen LogP contribution >= 0.6 is 0 Å². The number of ether oxygens (including phenoxy) is 3. The molecule has 67 heavy (non-hydrogen) atoms. The second-order valence-electron chi connectivity index (χ2n) is 18.0. The molecule has 0 aliphatic heterocycles. The van der Waals surface area contributed by atoms with Gasteiger partial charge in [0.15, 0.2) is 6.10 Å². The lowest BCUT2D eigenvalue weighted by Gasteiger charge is -2.18. The Kier molecular flexibility index (Phi) is 49.5. The normalized spacial score (nSPS) is 13.6. The molecule has 0 amide bonds. The van der Waals surface area contributed by atoms with Gasteiger partial charge in [-0.1, -0.05) is 203 Å². The van der Waals surface area contributed by atoms with Crippen LogP contribution in [0.15, 0.2) is 72.9 Å². The van der Waals surface area contributed by atoms with Crippen LogP contribution in [0.3, 0.4) is 0 Å². The molecular weight excluding hydrogens is 845 g/mol. The molecule has 0 radical (unpaired) electrons. The largest absolute Gasteiger partial charge is 0.462 e. The molecule has 0 heterocycles. The molecule has 0 bridgehead atoms. The van der Waals surface area contributed by atoms with Crippen molar-refractivity contribution in [1.82, 2.24) is 0 Å². The van der Waals surface area contributed by atoms with Crippen molar-refractivity contribution in [2.24, 2.45) is 0 Å². The van der Waals surface area contributed by atoms with E-state index < -0.39 is 6.10 Å². The summed E-state index contributed by atoms with van der Waals surface area (Å²) < 4.78 is 16.7. The number of carbonyl (C=O) groups is 3. The molecule has 2 N–H and O–H groups in total. The Bertz CT molecular complexity index is 1300. The molecule has 10 heteroatoms. The van der Waals surface area contributed by atoms with E-state index in [2.05, 4.69) is 67.0 Å². The highest BCUT2D eigenvalue weighted by atomic mass is 17.1. The molecule has 0 aromatic heterocycles. The van der Waals surface area contributed by atoms with Crippen molar-refractivity contribution in [3.8, 4) is 0 Å². The topological polar surface area (TPSA) is 138 Å². The van der Waals surface area contributed by atoms with Gasteiger partial charge in [0.2, 0.25) is 0 Å². The summed E-state index contributed by atoms with van der Waals surface area (Å²) in [6.07, 6.45) is 56.2. The zero-order valence-corrected chi connectivity index (χ0v) is 42.8. The maximum atomic E-state index is 12.8. The maximum absolute atomic E-state index is 12.8. The smallest absolute Gasteiger partial charge is 0.306 e. The van der Waals surface area contributed by atoms with E-state index in [0.717, 1.165) is 167 Å². The Morgan fingerprint density at radius 2 is 0.761 bits per heavy atom. The third-order valence-electron chi connectivity index (χ3n) is 11.6. The fourth-order valence-corrected chi connectivity index (χ4v) is 7.37. The molecule has 0 rings (SSSR count). The van der Waals surface area contributed by atoms with E-state index >= 15 is 0 Å². The number of allylic oxidation sites excluding steroid dienone is 10. The van der Waals surface area contributed by atoms with Crippen LogP contribution in [0, 0.1) is 0 Å². The molecular formula is C57H98O10. The van der Waals surface area contributed by atoms with E-state index in [4.69, 9.17) is 24.7 Å². The van der Waals surface area contributed by atoms with E-state index in [1.165, 1.54) is 25.7 Å². The molecule has 0 saturated carbocycles. The number of rotatable bonds is 49. The van der Waals surface area contributed by atoms with Crippen LogP contribution in [0.25, 0.3) is 0 Å². The Morgan fingerprint density at radius 1 is 0.403 bits per heavy atom. The van der Waals surface area contributed by atoms with Crippen LogP contribution in [-0.2, 0) is 38.4 Å². The Balaban J connectivity index is 4.60. The quantitative estimate of drug-likeness (QED) is 0.0115. The van der Waals surface area contributed by atoms with Gasteiger partial charge in [-0.15, -0.1) is 0 Å². The highest BCUT2D eigenvalue weighted by Crippen LogP contribution is 2.14. The van der Waals surface area contributed by atoms with Gasteiger partial charge in [0.05, 0.1) is 0 Å². The summed E-state index contributed by atoms with van der Waals surface area (Å²) in [4.78, 5) is 47.2. The summed E-state index contributed by atoms with van der Waals surface area (Å²) in [5.41, 5.74) is 0. The van der Waals surface area contributed by atoms with Gasteiger partial charge in [0, 0.05) is 19.3 Å². The molecule has 1 unspecified atom stereocenters. The minimum absolute atomic E-state index is 0.133. The minimum Gasteiger partial charge on any atom is -0.462 e. The Labute approximate surface area is 409 Å². The summed E-state index contributed by atoms with van der Waals surface area (Å²) in [6, 6.07) is 0. The van der Waals surface area contributed by atoms with Gasteiger partial charge in [-0.25, -0.2) is 9.78 Å². The first-order valence-electron chi connectivity index (χ1n) is 27.0. The second kappa shape index (κ2) is 52.1. The predicted molar refractivity (Wildman–Crippen MR) is 276 cm³/mol. The first-order chi connectivity index (χ1) is 32.9. The van der Waals surface area contributed by atoms with Gasteiger partial charge in [0.1, 0.15) is 25.4 Å². The lowest BCUT2D eigenvalue weighted by Crippen LogP contribution is -2.30. The van der Waals surface area contributed by atoms with Crippen LogP contribution in [0.5, 0.6) is 0 Å². The lowest BCUT2D eigenvalue weighted by atomic mass is 10.1. The number of unbranched alkanes of at least 4 members (excludes halogenated alkanes) is 22. The summed E-state index contributed by atoms with van der Waals surface area (Å²) in [5.74, 6) is -1.05. The van der Waals surface area contributed by atoms with Gasteiger partial charge < -0.3 is 14.2 Å². The summed E-state index contributed by atoms with van der Waals surface area (Å²) in [5, 5.41) is 18.1. The van der Waals surface area contributed by atoms with Gasteiger partial charge in [0.25, 0.3) is 0 Å². The van der Waals surface area contributed by atoms with Crippen molar-refractivity contribution in [3.05, 3.63) is 72.9 Å². The van der Waals surface area contributed by atoms with E-state index in [1.807, 2.05) is 36.5 Å². The Hall–Kier alpha value is -3.31. The molecule has 0 saturated heterocycles. The first-order valence-corrected chi connectivity index (χ1v) is 27.0. The van der Waals surface area contributed by atoms with Crippen molar-refractivity contribution in [1.29, 1.82) is 0 Å². The van der Waals surface area contributed by atoms with Crippen molar-refractivity contribution in [3.63, 3.8) is 0 Å². The van der Waals surface area contributed by atoms with Gasteiger partial charge in [-0.3, -0.25) is 24.9 Å². The third kappa shape index (κ3) is 47.5. The van der Waals surface area contributed by atoms with Crippen LogP contribution in [0.4, 0.5) is 0 Å². The highest BCUT2D eigenvalue weighted by Gasteiger charge is 2.19. The standard InChI is InChI=1S/C57H98O10/c1-4-7-10-11-12-13-14-15-16-17-18-23-28-33-40-47-55(58)63-50-54(65-57(60)49-42-35-30-25-20-22-27-32-39-46-53(67-62)44-37-9-6-3)51-64-56(59)48-41-34-29-24-19-21-26-31-38-45-52(66-61)43-36-8-5-2/h12-13,15-16,26-27,31-32,38-39,45-46,52-54,61-62H,4-11,14,17-25,28-30,33-37,40-44,47-51H2,1-3H3/b13-12-,16-15-,31-26-,32-27-,45-38+,46-39+/t52-,53-,54?/m0/s1. The Morgan fingerprint density at radius 3 is 1.18 bits per heavy atom. The van der Waals surface area contributed by atoms with Crippen molar-refractivity contribution >= 4 is 17.9 Å². The molecule has 0 aromatic rings. The molecule has 386 valence electrons. The van der Waals surface area contributed by atoms with E-state index in [1.54, 1.807) is 0 Å².